The number of ether oxygens (including phenoxy) is 1. The van der Waals surface area contributed by atoms with Crippen molar-refractivity contribution in [2.24, 2.45) is 5.92 Å². The number of hydrogen-bond acceptors (Lipinski definition) is 4. The van der Waals surface area contributed by atoms with E-state index in [0.29, 0.717) is 38.9 Å². The number of fused-ring (bicyclic) bond motifs is 1. The number of amides is 1. The third kappa shape index (κ3) is 4.20. The van der Waals surface area contributed by atoms with E-state index in [1.54, 1.807) is 11.0 Å². The molecule has 0 N–H and O–H groups in total. The summed E-state index contributed by atoms with van der Waals surface area (Å²) in [6.45, 7) is 1.75. The van der Waals surface area contributed by atoms with E-state index in [1.807, 2.05) is 41.1 Å². The van der Waals surface area contributed by atoms with Crippen LogP contribution in [0.4, 0.5) is 0 Å². The third-order valence-electron chi connectivity index (χ3n) is 5.03. The summed E-state index contributed by atoms with van der Waals surface area (Å²) in [7, 11) is 1.40. The maximum Gasteiger partial charge on any atom is 0.308 e. The second-order valence-electron chi connectivity index (χ2n) is 6.66. The van der Waals surface area contributed by atoms with E-state index in [9.17, 15) is 9.59 Å². The molecule has 0 saturated carbocycles. The summed E-state index contributed by atoms with van der Waals surface area (Å²) >= 11 is 0. The summed E-state index contributed by atoms with van der Waals surface area (Å²) < 4.78 is 6.83. The van der Waals surface area contributed by atoms with E-state index in [4.69, 9.17) is 10.00 Å². The number of carbonyl (C=O) groups is 2. The minimum atomic E-state index is -0.192. The van der Waals surface area contributed by atoms with E-state index in [1.165, 1.54) is 7.11 Å². The van der Waals surface area contributed by atoms with Gasteiger partial charge in [0.25, 0.3) is 0 Å². The van der Waals surface area contributed by atoms with Crippen molar-refractivity contribution in [1.29, 1.82) is 5.26 Å². The lowest BCUT2D eigenvalue weighted by atomic mass is 9.97. The molecule has 0 unspecified atom stereocenters. The molecule has 6 heteroatoms. The predicted molar refractivity (Wildman–Crippen MR) is 103 cm³/mol. The van der Waals surface area contributed by atoms with Crippen molar-refractivity contribution in [3.05, 3.63) is 42.1 Å². The molecule has 1 aliphatic rings. The average molecular weight is 365 g/mol. The molecule has 0 spiro atoms. The number of hydrogen-bond donors (Lipinski definition) is 0. The Morgan fingerprint density at radius 1 is 1.30 bits per heavy atom. The fraction of sp³-hybridized carbons (Fsp3) is 0.381. The minimum Gasteiger partial charge on any atom is -0.469 e. The second kappa shape index (κ2) is 8.54. The van der Waals surface area contributed by atoms with Crippen molar-refractivity contribution in [1.82, 2.24) is 9.47 Å². The number of nitrogens with zero attached hydrogens (tertiary/aromatic N) is 3. The van der Waals surface area contributed by atoms with Gasteiger partial charge in [0.15, 0.2) is 0 Å². The number of aromatic nitrogens is 1. The van der Waals surface area contributed by atoms with Crippen molar-refractivity contribution >= 4 is 28.9 Å². The summed E-state index contributed by atoms with van der Waals surface area (Å²) in [4.78, 5) is 25.9. The Morgan fingerprint density at radius 3 is 2.74 bits per heavy atom. The van der Waals surface area contributed by atoms with Crippen LogP contribution in [0.5, 0.6) is 0 Å². The highest BCUT2D eigenvalue weighted by Gasteiger charge is 2.27. The van der Waals surface area contributed by atoms with E-state index < -0.39 is 0 Å². The van der Waals surface area contributed by atoms with Gasteiger partial charge in [0.05, 0.1) is 25.5 Å². The van der Waals surface area contributed by atoms with Crippen LogP contribution in [0.15, 0.2) is 36.5 Å². The van der Waals surface area contributed by atoms with Gasteiger partial charge in [0.2, 0.25) is 5.91 Å². The van der Waals surface area contributed by atoms with Crippen molar-refractivity contribution < 1.29 is 14.3 Å². The Balaban J connectivity index is 1.70. The van der Waals surface area contributed by atoms with Crippen LogP contribution < -0.4 is 0 Å². The molecule has 1 saturated heterocycles. The maximum absolute atomic E-state index is 12.5. The molecule has 0 atom stereocenters. The highest BCUT2D eigenvalue weighted by atomic mass is 16.5. The molecule has 1 fully saturated rings. The van der Waals surface area contributed by atoms with Gasteiger partial charge >= 0.3 is 5.97 Å². The van der Waals surface area contributed by atoms with Crippen LogP contribution in [-0.4, -0.2) is 41.5 Å². The quantitative estimate of drug-likeness (QED) is 0.603. The van der Waals surface area contributed by atoms with Crippen molar-refractivity contribution in [2.75, 3.05) is 20.2 Å². The zero-order chi connectivity index (χ0) is 19.2. The first-order chi connectivity index (χ1) is 13.1. The summed E-state index contributed by atoms with van der Waals surface area (Å²) in [5.74, 6) is -0.351. The Kier molecular flexibility index (Phi) is 5.92. The normalized spacial score (nSPS) is 15.2. The van der Waals surface area contributed by atoms with Gasteiger partial charge in [-0.2, -0.15) is 5.26 Å². The lowest BCUT2D eigenvalue weighted by Gasteiger charge is -2.29. The summed E-state index contributed by atoms with van der Waals surface area (Å²) in [6.07, 6.45) is 7.12. The van der Waals surface area contributed by atoms with E-state index in [2.05, 4.69) is 6.07 Å². The molecule has 2 aromatic rings. The molecule has 27 heavy (non-hydrogen) atoms. The molecule has 140 valence electrons. The van der Waals surface area contributed by atoms with E-state index >= 15 is 0 Å². The number of esters is 1. The molecular formula is C21H23N3O3. The standard InChI is InChI=1S/C21H23N3O3/c1-27-21(26)16-9-13-23(14-10-16)20(25)8-7-17-15-24(12-4-11-22)19-6-3-2-5-18(17)19/h2-3,5-8,15-16H,4,9-10,12-14H2,1H3/b8-7+. The molecule has 1 amide bonds. The summed E-state index contributed by atoms with van der Waals surface area (Å²) in [6, 6.07) is 10.1. The van der Waals surface area contributed by atoms with Crippen LogP contribution in [0.2, 0.25) is 0 Å². The fourth-order valence-electron chi connectivity index (χ4n) is 3.53. The molecule has 0 bridgehead atoms. The zero-order valence-electron chi connectivity index (χ0n) is 15.4. The average Bonchev–Trinajstić information content (AvgIpc) is 3.07. The number of piperidine rings is 1. The lowest BCUT2D eigenvalue weighted by Crippen LogP contribution is -2.39. The molecule has 0 aliphatic carbocycles. The zero-order valence-corrected chi connectivity index (χ0v) is 15.4. The molecule has 2 heterocycles. The van der Waals surface area contributed by atoms with E-state index in [-0.39, 0.29) is 17.8 Å². The van der Waals surface area contributed by atoms with Crippen LogP contribution in [0.25, 0.3) is 17.0 Å². The first kappa shape index (κ1) is 18.7. The first-order valence-electron chi connectivity index (χ1n) is 9.13. The monoisotopic (exact) mass is 365 g/mol. The van der Waals surface area contributed by atoms with Gasteiger partial charge in [0.1, 0.15) is 0 Å². The largest absolute Gasteiger partial charge is 0.469 e. The minimum absolute atomic E-state index is 0.0489. The molecule has 1 aliphatic heterocycles. The first-order valence-corrected chi connectivity index (χ1v) is 9.13. The van der Waals surface area contributed by atoms with Crippen LogP contribution in [0.1, 0.15) is 24.8 Å². The molecular weight excluding hydrogens is 342 g/mol. The van der Waals surface area contributed by atoms with Gasteiger partial charge in [-0.15, -0.1) is 0 Å². The van der Waals surface area contributed by atoms with Gasteiger partial charge in [-0.25, -0.2) is 0 Å². The number of methoxy groups -OCH3 is 1. The number of carbonyl (C=O) groups excluding carboxylic acids is 2. The Hall–Kier alpha value is -3.07. The highest BCUT2D eigenvalue weighted by Crippen LogP contribution is 2.23. The number of aryl methyl sites for hydroxylation is 1. The van der Waals surface area contributed by atoms with Crippen LogP contribution in [-0.2, 0) is 20.9 Å². The van der Waals surface area contributed by atoms with Crippen molar-refractivity contribution in [2.45, 2.75) is 25.8 Å². The second-order valence-corrected chi connectivity index (χ2v) is 6.66. The molecule has 0 radical (unpaired) electrons. The predicted octanol–water partition coefficient (Wildman–Crippen LogP) is 2.98. The number of rotatable bonds is 5. The molecule has 6 nitrogen and oxygen atoms in total. The Bertz CT molecular complexity index is 899. The Labute approximate surface area is 158 Å². The number of likely N-dealkylation sites (tertiary alicyclic amines) is 1. The lowest BCUT2D eigenvalue weighted by molar-refractivity contribution is -0.148. The van der Waals surface area contributed by atoms with Gasteiger partial charge < -0.3 is 14.2 Å². The van der Waals surface area contributed by atoms with Gasteiger partial charge in [-0.3, -0.25) is 9.59 Å². The summed E-state index contributed by atoms with van der Waals surface area (Å²) in [5, 5.41) is 9.90. The third-order valence-corrected chi connectivity index (χ3v) is 5.03. The maximum atomic E-state index is 12.5. The van der Waals surface area contributed by atoms with Crippen molar-refractivity contribution in [3.8, 4) is 6.07 Å². The van der Waals surface area contributed by atoms with E-state index in [0.717, 1.165) is 16.5 Å². The van der Waals surface area contributed by atoms with Gasteiger partial charge in [-0.1, -0.05) is 18.2 Å². The molecule has 1 aromatic heterocycles. The molecule has 3 rings (SSSR count). The fourth-order valence-corrected chi connectivity index (χ4v) is 3.53. The van der Waals surface area contributed by atoms with Gasteiger partial charge in [0, 0.05) is 48.4 Å². The number of para-hydroxylation sites is 1. The van der Waals surface area contributed by atoms with Gasteiger partial charge in [-0.05, 0) is 25.0 Å². The van der Waals surface area contributed by atoms with Crippen molar-refractivity contribution in [3.63, 3.8) is 0 Å². The highest BCUT2D eigenvalue weighted by molar-refractivity contribution is 5.96. The Morgan fingerprint density at radius 2 is 2.04 bits per heavy atom. The van der Waals surface area contributed by atoms with Crippen LogP contribution in [0.3, 0.4) is 0 Å². The summed E-state index contributed by atoms with van der Waals surface area (Å²) in [5.41, 5.74) is 2.01. The molecule has 1 aromatic carbocycles. The SMILES string of the molecule is COC(=O)C1CCN(C(=O)/C=C/c2cn(CCC#N)c3ccccc23)CC1. The van der Waals surface area contributed by atoms with Crippen LogP contribution in [0, 0.1) is 17.2 Å². The number of benzene rings is 1. The topological polar surface area (TPSA) is 75.3 Å². The number of nitriles is 1. The van der Waals surface area contributed by atoms with Crippen LogP contribution >= 0.6 is 0 Å². The smallest absolute Gasteiger partial charge is 0.308 e.